The Morgan fingerprint density at radius 1 is 1.09 bits per heavy atom. The Kier molecular flexibility index (Phi) is 6.16. The first-order valence-corrected chi connectivity index (χ1v) is 6.49. The summed E-state index contributed by atoms with van der Waals surface area (Å²) < 4.78 is 0. The number of phenolic OH excluding ortho intramolecular Hbond substituents is 1. The van der Waals surface area contributed by atoms with Gasteiger partial charge in [-0.15, -0.1) is 0 Å². The Hall–Kier alpha value is -3.00. The minimum Gasteiger partial charge on any atom is -0.502 e. The highest BCUT2D eigenvalue weighted by molar-refractivity contribution is 6.67. The van der Waals surface area contributed by atoms with Crippen LogP contribution in [0, 0.1) is 27.2 Å². The molecule has 1 N–H and O–H groups in total. The first-order chi connectivity index (χ1) is 10.7. The van der Waals surface area contributed by atoms with Crippen LogP contribution in [0.15, 0.2) is 42.5 Å². The van der Waals surface area contributed by atoms with E-state index in [9.17, 15) is 30.1 Å². The average molecular weight is 339 g/mol. The van der Waals surface area contributed by atoms with Crippen molar-refractivity contribution in [1.29, 1.82) is 0 Å². The summed E-state index contributed by atoms with van der Waals surface area (Å²) in [7, 11) is 0. The van der Waals surface area contributed by atoms with Crippen molar-refractivity contribution in [3.63, 3.8) is 0 Å². The molecule has 0 heterocycles. The SMILES string of the molecule is Cc1cc([N+](=O)[O-])cc([N+](=O)[O-])c1O.O=C(Cl)c1ccccc1. The predicted molar refractivity (Wildman–Crippen MR) is 82.8 cm³/mol. The fraction of sp³-hybridized carbons (Fsp3) is 0.0714. The van der Waals surface area contributed by atoms with Crippen LogP contribution in [-0.4, -0.2) is 20.2 Å². The molecule has 9 heteroatoms. The Labute approximate surface area is 135 Å². The number of carbonyl (C=O) groups is 1. The summed E-state index contributed by atoms with van der Waals surface area (Å²) >= 11 is 5.16. The zero-order valence-corrected chi connectivity index (χ0v) is 12.6. The third kappa shape index (κ3) is 5.04. The molecule has 0 saturated heterocycles. The predicted octanol–water partition coefficient (Wildman–Crippen LogP) is 3.58. The quantitative estimate of drug-likeness (QED) is 0.518. The van der Waals surface area contributed by atoms with E-state index in [2.05, 4.69) is 0 Å². The van der Waals surface area contributed by atoms with Gasteiger partial charge in [0.2, 0.25) is 0 Å². The molecule has 0 bridgehead atoms. The van der Waals surface area contributed by atoms with Crippen LogP contribution in [0.4, 0.5) is 11.4 Å². The lowest BCUT2D eigenvalue weighted by molar-refractivity contribution is -0.394. The molecule has 0 aliphatic rings. The number of hydrogen-bond donors (Lipinski definition) is 1. The Morgan fingerprint density at radius 2 is 1.65 bits per heavy atom. The molecule has 0 saturated carbocycles. The van der Waals surface area contributed by atoms with Crippen molar-refractivity contribution in [2.45, 2.75) is 6.92 Å². The van der Waals surface area contributed by atoms with E-state index in [0.29, 0.717) is 5.56 Å². The molecule has 120 valence electrons. The van der Waals surface area contributed by atoms with Gasteiger partial charge in [-0.2, -0.15) is 0 Å². The van der Waals surface area contributed by atoms with Crippen LogP contribution in [0.5, 0.6) is 5.75 Å². The lowest BCUT2D eigenvalue weighted by Gasteiger charge is -1.99. The number of aromatic hydroxyl groups is 1. The number of benzene rings is 2. The summed E-state index contributed by atoms with van der Waals surface area (Å²) in [6, 6.07) is 10.5. The van der Waals surface area contributed by atoms with Crippen molar-refractivity contribution in [3.8, 4) is 5.75 Å². The van der Waals surface area contributed by atoms with Gasteiger partial charge in [0.15, 0.2) is 5.75 Å². The lowest BCUT2D eigenvalue weighted by atomic mass is 10.1. The number of nitrogens with zero attached hydrogens (tertiary/aromatic N) is 2. The molecule has 8 nitrogen and oxygen atoms in total. The molecule has 0 atom stereocenters. The normalized spacial score (nSPS) is 9.48. The highest BCUT2D eigenvalue weighted by atomic mass is 35.5. The van der Waals surface area contributed by atoms with Crippen molar-refractivity contribution in [1.82, 2.24) is 0 Å². The van der Waals surface area contributed by atoms with E-state index in [1.165, 1.54) is 6.92 Å². The number of hydrogen-bond acceptors (Lipinski definition) is 6. The second-order valence-corrected chi connectivity index (χ2v) is 4.63. The van der Waals surface area contributed by atoms with Gasteiger partial charge in [-0.05, 0) is 18.5 Å². The molecule has 0 unspecified atom stereocenters. The van der Waals surface area contributed by atoms with Crippen molar-refractivity contribution in [3.05, 3.63) is 73.8 Å². The highest BCUT2D eigenvalue weighted by Gasteiger charge is 2.21. The summed E-state index contributed by atoms with van der Waals surface area (Å²) in [5.41, 5.74) is -0.422. The van der Waals surface area contributed by atoms with Gasteiger partial charge in [0, 0.05) is 17.2 Å². The number of nitro groups is 2. The number of nitro benzene ring substituents is 2. The topological polar surface area (TPSA) is 124 Å². The van der Waals surface area contributed by atoms with E-state index >= 15 is 0 Å². The van der Waals surface area contributed by atoms with Crippen molar-refractivity contribution < 1.29 is 19.7 Å². The van der Waals surface area contributed by atoms with Gasteiger partial charge in [0.1, 0.15) is 0 Å². The zero-order chi connectivity index (χ0) is 17.6. The Morgan fingerprint density at radius 3 is 2.04 bits per heavy atom. The van der Waals surface area contributed by atoms with E-state index in [1.807, 2.05) is 6.07 Å². The van der Waals surface area contributed by atoms with Crippen LogP contribution in [0.25, 0.3) is 0 Å². The fourth-order valence-electron chi connectivity index (χ4n) is 1.56. The summed E-state index contributed by atoms with van der Waals surface area (Å²) in [5, 5.41) is 29.5. The van der Waals surface area contributed by atoms with Crippen molar-refractivity contribution in [2.24, 2.45) is 0 Å². The molecule has 0 amide bonds. The van der Waals surface area contributed by atoms with Crippen LogP contribution in [-0.2, 0) is 0 Å². The molecule has 23 heavy (non-hydrogen) atoms. The van der Waals surface area contributed by atoms with Gasteiger partial charge in [0.05, 0.1) is 15.9 Å². The van der Waals surface area contributed by atoms with Crippen molar-refractivity contribution >= 4 is 28.2 Å². The van der Waals surface area contributed by atoms with Crippen LogP contribution in [0.3, 0.4) is 0 Å². The van der Waals surface area contributed by atoms with Crippen LogP contribution in [0.2, 0.25) is 0 Å². The summed E-state index contributed by atoms with van der Waals surface area (Å²) in [4.78, 5) is 29.5. The van der Waals surface area contributed by atoms with E-state index in [4.69, 9.17) is 11.6 Å². The number of non-ortho nitro benzene ring substituents is 1. The Balaban J connectivity index is 0.000000253. The van der Waals surface area contributed by atoms with E-state index in [-0.39, 0.29) is 5.56 Å². The lowest BCUT2D eigenvalue weighted by Crippen LogP contribution is -1.94. The van der Waals surface area contributed by atoms with Gasteiger partial charge < -0.3 is 5.11 Å². The molecule has 0 spiro atoms. The minimum atomic E-state index is -0.866. The summed E-state index contributed by atoms with van der Waals surface area (Å²) in [6.07, 6.45) is 0. The molecule has 2 aromatic rings. The van der Waals surface area contributed by atoms with Crippen LogP contribution in [0.1, 0.15) is 15.9 Å². The monoisotopic (exact) mass is 338 g/mol. The molecule has 2 rings (SSSR count). The maximum atomic E-state index is 10.4. The summed E-state index contributed by atoms with van der Waals surface area (Å²) in [5.74, 6) is -0.541. The largest absolute Gasteiger partial charge is 0.502 e. The molecular formula is C14H11ClN2O6. The molecule has 0 radical (unpaired) electrons. The molecule has 0 aliphatic heterocycles. The van der Waals surface area contributed by atoms with E-state index in [1.54, 1.807) is 24.3 Å². The third-order valence-electron chi connectivity index (χ3n) is 2.67. The fourth-order valence-corrected chi connectivity index (χ4v) is 1.68. The molecule has 0 aliphatic carbocycles. The number of halogens is 1. The Bertz CT molecular complexity index is 748. The van der Waals surface area contributed by atoms with Gasteiger partial charge in [-0.1, -0.05) is 30.3 Å². The van der Waals surface area contributed by atoms with Crippen LogP contribution < -0.4 is 0 Å². The maximum Gasteiger partial charge on any atom is 0.317 e. The second kappa shape index (κ2) is 7.85. The minimum absolute atomic E-state index is 0.103. The molecule has 0 fully saturated rings. The first kappa shape index (κ1) is 18.1. The number of aryl methyl sites for hydroxylation is 1. The zero-order valence-electron chi connectivity index (χ0n) is 11.8. The summed E-state index contributed by atoms with van der Waals surface area (Å²) in [6.45, 7) is 1.36. The number of rotatable bonds is 3. The first-order valence-electron chi connectivity index (χ1n) is 6.11. The van der Waals surface area contributed by atoms with Gasteiger partial charge >= 0.3 is 5.69 Å². The number of carbonyl (C=O) groups excluding carboxylic acids is 1. The molecular weight excluding hydrogens is 328 g/mol. The van der Waals surface area contributed by atoms with Crippen molar-refractivity contribution in [2.75, 3.05) is 0 Å². The molecule has 0 aromatic heterocycles. The smallest absolute Gasteiger partial charge is 0.317 e. The van der Waals surface area contributed by atoms with E-state index in [0.717, 1.165) is 12.1 Å². The maximum absolute atomic E-state index is 10.4. The van der Waals surface area contributed by atoms with Gasteiger partial charge in [0.25, 0.3) is 10.9 Å². The van der Waals surface area contributed by atoms with Crippen LogP contribution >= 0.6 is 11.6 Å². The highest BCUT2D eigenvalue weighted by Crippen LogP contribution is 2.33. The number of phenols is 1. The van der Waals surface area contributed by atoms with E-state index < -0.39 is 32.2 Å². The van der Waals surface area contributed by atoms with Gasteiger partial charge in [-0.25, -0.2) is 0 Å². The second-order valence-electron chi connectivity index (χ2n) is 4.28. The van der Waals surface area contributed by atoms with Gasteiger partial charge in [-0.3, -0.25) is 25.0 Å². The molecule has 2 aromatic carbocycles. The standard InChI is InChI=1S/C7H5ClO.C7H6N2O5/c8-7(9)6-4-2-1-3-5-6;1-4-2-5(8(11)12)3-6(7(4)10)9(13)14/h1-5H;2-3,10H,1H3. The third-order valence-corrected chi connectivity index (χ3v) is 2.89. The average Bonchev–Trinajstić information content (AvgIpc) is 2.50.